The van der Waals surface area contributed by atoms with E-state index in [1.165, 1.54) is 12.8 Å². The Kier molecular flexibility index (Phi) is 5.84. The Morgan fingerprint density at radius 2 is 1.77 bits per heavy atom. The molecular weight excluding hydrogens is 326 g/mol. The molecule has 0 saturated heterocycles. The minimum Gasteiger partial charge on any atom is -0.494 e. The third-order valence-electron chi connectivity index (χ3n) is 4.12. The van der Waals surface area contributed by atoms with Crippen LogP contribution < -0.4 is 4.74 Å². The number of ether oxygens (including phenoxy) is 2. The second kappa shape index (κ2) is 8.48. The minimum absolute atomic E-state index is 0.303. The van der Waals surface area contributed by atoms with E-state index in [0.717, 1.165) is 35.5 Å². The van der Waals surface area contributed by atoms with Gasteiger partial charge in [-0.25, -0.2) is 9.79 Å². The van der Waals surface area contributed by atoms with Gasteiger partial charge in [0.1, 0.15) is 5.75 Å². The fourth-order valence-electron chi connectivity index (χ4n) is 2.59. The number of aryl methyl sites for hydroxylation is 1. The van der Waals surface area contributed by atoms with Gasteiger partial charge in [0.25, 0.3) is 0 Å². The summed E-state index contributed by atoms with van der Waals surface area (Å²) in [5.41, 5.74) is 3.12. The van der Waals surface area contributed by atoms with E-state index in [1.807, 2.05) is 55.5 Å². The molecule has 0 atom stereocenters. The van der Waals surface area contributed by atoms with Crippen LogP contribution in [0.2, 0.25) is 0 Å². The van der Waals surface area contributed by atoms with Crippen molar-refractivity contribution >= 4 is 17.9 Å². The number of cyclic esters (lactones) is 1. The van der Waals surface area contributed by atoms with Crippen LogP contribution in [0.15, 0.2) is 59.2 Å². The van der Waals surface area contributed by atoms with Crippen molar-refractivity contribution in [2.45, 2.75) is 33.1 Å². The van der Waals surface area contributed by atoms with Gasteiger partial charge in [-0.15, -0.1) is 0 Å². The van der Waals surface area contributed by atoms with E-state index in [0.29, 0.717) is 11.6 Å². The van der Waals surface area contributed by atoms with Crippen LogP contribution in [-0.2, 0) is 9.53 Å². The molecule has 1 aliphatic rings. The normalized spacial score (nSPS) is 15.1. The van der Waals surface area contributed by atoms with E-state index >= 15 is 0 Å². The van der Waals surface area contributed by atoms with Crippen molar-refractivity contribution in [2.75, 3.05) is 6.61 Å². The highest BCUT2D eigenvalue weighted by molar-refractivity contribution is 6.12. The summed E-state index contributed by atoms with van der Waals surface area (Å²) >= 11 is 0. The summed E-state index contributed by atoms with van der Waals surface area (Å²) in [6.45, 7) is 4.91. The van der Waals surface area contributed by atoms with Crippen LogP contribution in [0, 0.1) is 6.92 Å². The van der Waals surface area contributed by atoms with E-state index < -0.39 is 5.97 Å². The minimum atomic E-state index is -0.430. The molecule has 0 amide bonds. The van der Waals surface area contributed by atoms with Gasteiger partial charge in [-0.3, -0.25) is 0 Å². The first-order valence-electron chi connectivity index (χ1n) is 8.98. The second-order valence-electron chi connectivity index (χ2n) is 6.33. The average Bonchev–Trinajstić information content (AvgIpc) is 3.01. The molecule has 0 aliphatic carbocycles. The van der Waals surface area contributed by atoms with Crippen LogP contribution in [0.5, 0.6) is 5.75 Å². The predicted molar refractivity (Wildman–Crippen MR) is 103 cm³/mol. The summed E-state index contributed by atoms with van der Waals surface area (Å²) in [5, 5.41) is 0. The third kappa shape index (κ3) is 4.60. The second-order valence-corrected chi connectivity index (χ2v) is 6.33. The maximum absolute atomic E-state index is 12.1. The lowest BCUT2D eigenvalue weighted by molar-refractivity contribution is -0.129. The summed E-state index contributed by atoms with van der Waals surface area (Å²) in [5.74, 6) is 0.749. The number of hydrogen-bond donors (Lipinski definition) is 0. The van der Waals surface area contributed by atoms with Crippen molar-refractivity contribution in [3.05, 3.63) is 70.9 Å². The van der Waals surface area contributed by atoms with Gasteiger partial charge in [-0.2, -0.15) is 0 Å². The molecule has 0 radical (unpaired) electrons. The highest BCUT2D eigenvalue weighted by Crippen LogP contribution is 2.21. The summed E-state index contributed by atoms with van der Waals surface area (Å²) in [6.07, 6.45) is 5.14. The van der Waals surface area contributed by atoms with Gasteiger partial charge in [0.05, 0.1) is 6.61 Å². The van der Waals surface area contributed by atoms with Crippen LogP contribution in [-0.4, -0.2) is 18.5 Å². The highest BCUT2D eigenvalue weighted by Gasteiger charge is 2.23. The molecule has 134 valence electrons. The lowest BCUT2D eigenvalue weighted by Gasteiger charge is -2.05. The Hall–Kier alpha value is -2.88. The molecule has 0 fully saturated rings. The molecule has 0 aromatic heterocycles. The van der Waals surface area contributed by atoms with Gasteiger partial charge in [0.2, 0.25) is 5.90 Å². The molecule has 0 N–H and O–H groups in total. The van der Waals surface area contributed by atoms with Gasteiger partial charge < -0.3 is 9.47 Å². The van der Waals surface area contributed by atoms with Gasteiger partial charge in [0, 0.05) is 5.56 Å². The summed E-state index contributed by atoms with van der Waals surface area (Å²) < 4.78 is 11.0. The fourth-order valence-corrected chi connectivity index (χ4v) is 2.59. The van der Waals surface area contributed by atoms with Crippen molar-refractivity contribution in [1.29, 1.82) is 0 Å². The van der Waals surface area contributed by atoms with E-state index in [9.17, 15) is 4.79 Å². The fraction of sp³-hybridized carbons (Fsp3) is 0.273. The topological polar surface area (TPSA) is 47.9 Å². The van der Waals surface area contributed by atoms with Crippen molar-refractivity contribution in [1.82, 2.24) is 0 Å². The van der Waals surface area contributed by atoms with E-state index in [2.05, 4.69) is 11.9 Å². The molecule has 2 aromatic rings. The van der Waals surface area contributed by atoms with Crippen LogP contribution in [0.3, 0.4) is 0 Å². The molecule has 1 aliphatic heterocycles. The Balaban J connectivity index is 1.68. The van der Waals surface area contributed by atoms with Crippen molar-refractivity contribution in [3.8, 4) is 5.75 Å². The van der Waals surface area contributed by atoms with Gasteiger partial charge >= 0.3 is 5.97 Å². The summed E-state index contributed by atoms with van der Waals surface area (Å²) in [6, 6.07) is 15.4. The molecule has 4 nitrogen and oxygen atoms in total. The Morgan fingerprint density at radius 3 is 2.46 bits per heavy atom. The molecular formula is C22H23NO3. The SMILES string of the molecule is CCCCCOc1ccc(/C=C2\N=C(c3ccc(C)cc3)OC2=O)cc1. The molecule has 4 heteroatoms. The monoisotopic (exact) mass is 349 g/mol. The molecule has 3 rings (SSSR count). The number of esters is 1. The zero-order valence-corrected chi connectivity index (χ0v) is 15.2. The Morgan fingerprint density at radius 1 is 1.04 bits per heavy atom. The molecule has 0 spiro atoms. The first-order chi connectivity index (χ1) is 12.7. The van der Waals surface area contributed by atoms with E-state index in [-0.39, 0.29) is 0 Å². The predicted octanol–water partition coefficient (Wildman–Crippen LogP) is 4.91. The number of rotatable bonds is 7. The van der Waals surface area contributed by atoms with Gasteiger partial charge in [-0.05, 0) is 49.2 Å². The first-order valence-corrected chi connectivity index (χ1v) is 8.98. The maximum atomic E-state index is 12.1. The largest absolute Gasteiger partial charge is 0.494 e. The van der Waals surface area contributed by atoms with Crippen molar-refractivity contribution in [3.63, 3.8) is 0 Å². The van der Waals surface area contributed by atoms with Gasteiger partial charge in [0.15, 0.2) is 5.70 Å². The zero-order valence-electron chi connectivity index (χ0n) is 15.2. The summed E-state index contributed by atoms with van der Waals surface area (Å²) in [4.78, 5) is 16.4. The van der Waals surface area contributed by atoms with E-state index in [1.54, 1.807) is 6.08 Å². The molecule has 2 aromatic carbocycles. The number of carbonyl (C=O) groups excluding carboxylic acids is 1. The molecule has 1 heterocycles. The van der Waals surface area contributed by atoms with Gasteiger partial charge in [-0.1, -0.05) is 49.6 Å². The Labute approximate surface area is 154 Å². The first kappa shape index (κ1) is 17.9. The standard InChI is InChI=1S/C22H23NO3/c1-3-4-5-14-25-19-12-8-17(9-13-19)15-20-22(24)26-21(23-20)18-10-6-16(2)7-11-18/h6-13,15H,3-5,14H2,1-2H3/b20-15-. The zero-order chi connectivity index (χ0) is 18.4. The van der Waals surface area contributed by atoms with Crippen LogP contribution in [0.4, 0.5) is 0 Å². The number of carbonyl (C=O) groups is 1. The number of hydrogen-bond acceptors (Lipinski definition) is 4. The number of nitrogens with zero attached hydrogens (tertiary/aromatic N) is 1. The van der Waals surface area contributed by atoms with Crippen LogP contribution >= 0.6 is 0 Å². The number of benzene rings is 2. The lowest BCUT2D eigenvalue weighted by Crippen LogP contribution is -2.05. The third-order valence-corrected chi connectivity index (χ3v) is 4.12. The number of aliphatic imine (C=N–C) groups is 1. The van der Waals surface area contributed by atoms with Crippen LogP contribution in [0.1, 0.15) is 42.9 Å². The average molecular weight is 349 g/mol. The quantitative estimate of drug-likeness (QED) is 0.405. The van der Waals surface area contributed by atoms with Crippen LogP contribution in [0.25, 0.3) is 6.08 Å². The molecule has 0 unspecified atom stereocenters. The molecule has 0 bridgehead atoms. The highest BCUT2D eigenvalue weighted by atomic mass is 16.6. The smallest absolute Gasteiger partial charge is 0.363 e. The Bertz CT molecular complexity index is 817. The van der Waals surface area contributed by atoms with Crippen molar-refractivity contribution < 1.29 is 14.3 Å². The molecule has 0 saturated carbocycles. The summed E-state index contributed by atoms with van der Waals surface area (Å²) in [7, 11) is 0. The maximum Gasteiger partial charge on any atom is 0.363 e. The number of unbranched alkanes of at least 4 members (excludes halogenated alkanes) is 2. The van der Waals surface area contributed by atoms with E-state index in [4.69, 9.17) is 9.47 Å². The van der Waals surface area contributed by atoms with Crippen molar-refractivity contribution in [2.24, 2.45) is 4.99 Å². The molecule has 26 heavy (non-hydrogen) atoms. The lowest BCUT2D eigenvalue weighted by atomic mass is 10.1.